The fraction of sp³-hybridized carbons (Fsp3) is 0.133. The van der Waals surface area contributed by atoms with Gasteiger partial charge in [-0.15, -0.1) is 0 Å². The van der Waals surface area contributed by atoms with Crippen LogP contribution in [0.5, 0.6) is 5.75 Å². The van der Waals surface area contributed by atoms with Gasteiger partial charge in [0, 0.05) is 0 Å². The summed E-state index contributed by atoms with van der Waals surface area (Å²) in [6.45, 7) is 2.07. The fourth-order valence-electron chi connectivity index (χ4n) is 2.09. The molecular formula is C15H14N2O. The van der Waals surface area contributed by atoms with Gasteiger partial charge < -0.3 is 9.72 Å². The first-order chi connectivity index (χ1) is 8.78. The molecule has 3 heteroatoms. The monoisotopic (exact) mass is 238 g/mol. The standard InChI is InChI=1S/C15H14N2O/c1-10-7-8-12-13(9-10)17-15(16-12)11-5-3-4-6-14(11)18-2/h3-9H,1-2H3,(H,16,17). The zero-order valence-electron chi connectivity index (χ0n) is 10.4. The van der Waals surface area contributed by atoms with Crippen LogP contribution >= 0.6 is 0 Å². The molecule has 0 aliphatic carbocycles. The Bertz CT molecular complexity index is 701. The minimum Gasteiger partial charge on any atom is -0.496 e. The largest absolute Gasteiger partial charge is 0.496 e. The van der Waals surface area contributed by atoms with E-state index in [-0.39, 0.29) is 0 Å². The predicted octanol–water partition coefficient (Wildman–Crippen LogP) is 3.55. The van der Waals surface area contributed by atoms with Crippen LogP contribution in [-0.2, 0) is 0 Å². The summed E-state index contributed by atoms with van der Waals surface area (Å²) in [7, 11) is 1.67. The Balaban J connectivity index is 2.19. The molecule has 2 aromatic carbocycles. The van der Waals surface area contributed by atoms with Gasteiger partial charge in [-0.3, -0.25) is 0 Å². The summed E-state index contributed by atoms with van der Waals surface area (Å²) in [6.07, 6.45) is 0. The van der Waals surface area contributed by atoms with Gasteiger partial charge in [-0.2, -0.15) is 0 Å². The van der Waals surface area contributed by atoms with Gasteiger partial charge >= 0.3 is 0 Å². The van der Waals surface area contributed by atoms with Crippen LogP contribution < -0.4 is 4.74 Å². The number of aromatic amines is 1. The maximum atomic E-state index is 5.36. The van der Waals surface area contributed by atoms with Gasteiger partial charge in [0.2, 0.25) is 0 Å². The van der Waals surface area contributed by atoms with E-state index in [4.69, 9.17) is 4.74 Å². The van der Waals surface area contributed by atoms with Crippen molar-refractivity contribution in [2.45, 2.75) is 6.92 Å². The molecular weight excluding hydrogens is 224 g/mol. The lowest BCUT2D eigenvalue weighted by Crippen LogP contribution is -1.88. The van der Waals surface area contributed by atoms with Gasteiger partial charge in [-0.1, -0.05) is 18.2 Å². The summed E-state index contributed by atoms with van der Waals surface area (Å²) in [4.78, 5) is 7.93. The molecule has 3 aromatic rings. The Morgan fingerprint density at radius 3 is 2.78 bits per heavy atom. The molecule has 3 rings (SSSR count). The molecule has 0 bridgehead atoms. The summed E-state index contributed by atoms with van der Waals surface area (Å²) < 4.78 is 5.36. The quantitative estimate of drug-likeness (QED) is 0.741. The summed E-state index contributed by atoms with van der Waals surface area (Å²) in [5.41, 5.74) is 4.23. The molecule has 0 aliphatic heterocycles. The van der Waals surface area contributed by atoms with Crippen LogP contribution in [0.4, 0.5) is 0 Å². The fourth-order valence-corrected chi connectivity index (χ4v) is 2.09. The number of para-hydroxylation sites is 1. The van der Waals surface area contributed by atoms with Crippen molar-refractivity contribution in [3.63, 3.8) is 0 Å². The lowest BCUT2D eigenvalue weighted by atomic mass is 10.2. The number of aromatic nitrogens is 2. The Morgan fingerprint density at radius 1 is 1.11 bits per heavy atom. The van der Waals surface area contributed by atoms with Crippen molar-refractivity contribution in [2.75, 3.05) is 7.11 Å². The highest BCUT2D eigenvalue weighted by atomic mass is 16.5. The second-order valence-corrected chi connectivity index (χ2v) is 4.31. The maximum Gasteiger partial charge on any atom is 0.142 e. The van der Waals surface area contributed by atoms with Gasteiger partial charge in [0.05, 0.1) is 23.7 Å². The average Bonchev–Trinajstić information content (AvgIpc) is 2.81. The molecule has 3 nitrogen and oxygen atoms in total. The number of aryl methyl sites for hydroxylation is 1. The number of methoxy groups -OCH3 is 1. The number of rotatable bonds is 2. The normalized spacial score (nSPS) is 10.8. The van der Waals surface area contributed by atoms with Crippen molar-refractivity contribution in [2.24, 2.45) is 0 Å². The minimum absolute atomic E-state index is 0.827. The van der Waals surface area contributed by atoms with E-state index in [2.05, 4.69) is 29.0 Å². The van der Waals surface area contributed by atoms with Crippen LogP contribution in [0, 0.1) is 6.92 Å². The molecule has 0 radical (unpaired) electrons. The zero-order valence-corrected chi connectivity index (χ0v) is 10.4. The number of imidazole rings is 1. The van der Waals surface area contributed by atoms with E-state index in [0.29, 0.717) is 0 Å². The summed E-state index contributed by atoms with van der Waals surface area (Å²) in [6, 6.07) is 14.1. The van der Waals surface area contributed by atoms with Crippen LogP contribution in [0.1, 0.15) is 5.56 Å². The zero-order chi connectivity index (χ0) is 12.5. The number of hydrogen-bond donors (Lipinski definition) is 1. The minimum atomic E-state index is 0.827. The lowest BCUT2D eigenvalue weighted by molar-refractivity contribution is 0.416. The van der Waals surface area contributed by atoms with E-state index in [1.165, 1.54) is 5.56 Å². The van der Waals surface area contributed by atoms with Crippen LogP contribution in [-0.4, -0.2) is 17.1 Å². The van der Waals surface area contributed by atoms with Crippen molar-refractivity contribution in [1.82, 2.24) is 9.97 Å². The van der Waals surface area contributed by atoms with E-state index >= 15 is 0 Å². The van der Waals surface area contributed by atoms with E-state index in [0.717, 1.165) is 28.2 Å². The topological polar surface area (TPSA) is 37.9 Å². The molecule has 0 fully saturated rings. The number of hydrogen-bond acceptors (Lipinski definition) is 2. The first kappa shape index (κ1) is 10.8. The number of fused-ring (bicyclic) bond motifs is 1. The van der Waals surface area contributed by atoms with Crippen LogP contribution in [0.15, 0.2) is 42.5 Å². The molecule has 0 atom stereocenters. The second kappa shape index (κ2) is 4.18. The number of nitrogens with zero attached hydrogens (tertiary/aromatic N) is 1. The summed E-state index contributed by atoms with van der Waals surface area (Å²) >= 11 is 0. The molecule has 0 unspecified atom stereocenters. The SMILES string of the molecule is COc1ccccc1-c1nc2ccc(C)cc2[nH]1. The van der Waals surface area contributed by atoms with Crippen molar-refractivity contribution in [1.29, 1.82) is 0 Å². The molecule has 18 heavy (non-hydrogen) atoms. The Kier molecular flexibility index (Phi) is 2.52. The molecule has 0 amide bonds. The van der Waals surface area contributed by atoms with Gasteiger partial charge in [-0.25, -0.2) is 4.98 Å². The number of H-pyrrole nitrogens is 1. The third kappa shape index (κ3) is 1.74. The summed E-state index contributed by atoms with van der Waals surface area (Å²) in [5, 5.41) is 0. The molecule has 0 aliphatic rings. The van der Waals surface area contributed by atoms with E-state index in [9.17, 15) is 0 Å². The van der Waals surface area contributed by atoms with Crippen LogP contribution in [0.3, 0.4) is 0 Å². The van der Waals surface area contributed by atoms with Crippen molar-refractivity contribution in [3.05, 3.63) is 48.0 Å². The smallest absolute Gasteiger partial charge is 0.142 e. The average molecular weight is 238 g/mol. The Hall–Kier alpha value is -2.29. The van der Waals surface area contributed by atoms with Gasteiger partial charge in [0.25, 0.3) is 0 Å². The third-order valence-corrected chi connectivity index (χ3v) is 3.00. The third-order valence-electron chi connectivity index (χ3n) is 3.00. The van der Waals surface area contributed by atoms with Crippen LogP contribution in [0.25, 0.3) is 22.4 Å². The highest BCUT2D eigenvalue weighted by molar-refractivity contribution is 5.81. The second-order valence-electron chi connectivity index (χ2n) is 4.31. The highest BCUT2D eigenvalue weighted by Gasteiger charge is 2.09. The van der Waals surface area contributed by atoms with Crippen molar-refractivity contribution < 1.29 is 4.74 Å². The van der Waals surface area contributed by atoms with Crippen LogP contribution in [0.2, 0.25) is 0 Å². The predicted molar refractivity (Wildman–Crippen MR) is 72.8 cm³/mol. The highest BCUT2D eigenvalue weighted by Crippen LogP contribution is 2.29. The molecule has 0 saturated heterocycles. The summed E-state index contributed by atoms with van der Waals surface area (Å²) in [5.74, 6) is 1.67. The molecule has 0 saturated carbocycles. The van der Waals surface area contributed by atoms with Crippen molar-refractivity contribution >= 4 is 11.0 Å². The molecule has 0 spiro atoms. The van der Waals surface area contributed by atoms with Crippen molar-refractivity contribution in [3.8, 4) is 17.1 Å². The van der Waals surface area contributed by atoms with E-state index < -0.39 is 0 Å². The van der Waals surface area contributed by atoms with E-state index in [1.54, 1.807) is 7.11 Å². The molecule has 1 N–H and O–H groups in total. The van der Waals surface area contributed by atoms with E-state index in [1.807, 2.05) is 30.3 Å². The number of nitrogens with one attached hydrogen (secondary N) is 1. The van der Waals surface area contributed by atoms with Gasteiger partial charge in [0.1, 0.15) is 11.6 Å². The molecule has 90 valence electrons. The molecule has 1 aromatic heterocycles. The first-order valence-corrected chi connectivity index (χ1v) is 5.87. The number of benzene rings is 2. The Labute approximate surface area is 105 Å². The maximum absolute atomic E-state index is 5.36. The first-order valence-electron chi connectivity index (χ1n) is 5.87. The van der Waals surface area contributed by atoms with Gasteiger partial charge in [0.15, 0.2) is 0 Å². The lowest BCUT2D eigenvalue weighted by Gasteiger charge is -2.04. The Morgan fingerprint density at radius 2 is 1.94 bits per heavy atom. The van der Waals surface area contributed by atoms with Gasteiger partial charge in [-0.05, 0) is 36.8 Å². The number of ether oxygens (including phenoxy) is 1. The molecule has 1 heterocycles.